The standard InChI is InChI=1S/C19H19ClN2O2/c1-24-16-7-5-13(6-8-16)12-22-15(9-10-21)11-14-3-2-4-17(20)18(14)19(22)23/h2-8,11H,9-10,12,21H2,1H3. The maximum atomic E-state index is 13.0. The van der Waals surface area contributed by atoms with Crippen LogP contribution >= 0.6 is 11.6 Å². The summed E-state index contributed by atoms with van der Waals surface area (Å²) in [6.45, 7) is 0.952. The van der Waals surface area contributed by atoms with Crippen molar-refractivity contribution in [2.75, 3.05) is 13.7 Å². The van der Waals surface area contributed by atoms with Gasteiger partial charge in [0.15, 0.2) is 0 Å². The number of nitrogens with two attached hydrogens (primary N) is 1. The smallest absolute Gasteiger partial charge is 0.260 e. The lowest BCUT2D eigenvalue weighted by atomic mass is 10.1. The molecule has 0 atom stereocenters. The molecule has 2 aromatic carbocycles. The van der Waals surface area contributed by atoms with E-state index in [0.29, 0.717) is 29.9 Å². The predicted molar refractivity (Wildman–Crippen MR) is 98.1 cm³/mol. The average molecular weight is 343 g/mol. The normalized spacial score (nSPS) is 11.0. The molecule has 0 saturated carbocycles. The number of hydrogen-bond donors (Lipinski definition) is 1. The molecule has 24 heavy (non-hydrogen) atoms. The van der Waals surface area contributed by atoms with Gasteiger partial charge in [0, 0.05) is 12.1 Å². The van der Waals surface area contributed by atoms with Gasteiger partial charge >= 0.3 is 0 Å². The van der Waals surface area contributed by atoms with E-state index in [9.17, 15) is 4.79 Å². The number of ether oxygens (including phenoxy) is 1. The van der Waals surface area contributed by atoms with E-state index in [4.69, 9.17) is 22.1 Å². The highest BCUT2D eigenvalue weighted by Gasteiger charge is 2.12. The van der Waals surface area contributed by atoms with Crippen molar-refractivity contribution in [2.45, 2.75) is 13.0 Å². The zero-order valence-corrected chi connectivity index (χ0v) is 14.2. The molecule has 1 aromatic heterocycles. The summed E-state index contributed by atoms with van der Waals surface area (Å²) in [5.41, 5.74) is 7.57. The van der Waals surface area contributed by atoms with Gasteiger partial charge < -0.3 is 15.0 Å². The van der Waals surface area contributed by atoms with E-state index in [-0.39, 0.29) is 5.56 Å². The first-order chi connectivity index (χ1) is 11.6. The van der Waals surface area contributed by atoms with Crippen LogP contribution in [0.15, 0.2) is 53.3 Å². The van der Waals surface area contributed by atoms with Crippen molar-refractivity contribution >= 4 is 22.4 Å². The van der Waals surface area contributed by atoms with E-state index in [2.05, 4.69) is 0 Å². The lowest BCUT2D eigenvalue weighted by Crippen LogP contribution is -2.26. The van der Waals surface area contributed by atoms with Crippen LogP contribution < -0.4 is 16.0 Å². The summed E-state index contributed by atoms with van der Waals surface area (Å²) in [5, 5.41) is 1.87. The number of pyridine rings is 1. The van der Waals surface area contributed by atoms with Gasteiger partial charge in [-0.05, 0) is 41.8 Å². The Bertz CT molecular complexity index is 917. The lowest BCUT2D eigenvalue weighted by Gasteiger charge is -2.15. The average Bonchev–Trinajstić information content (AvgIpc) is 2.59. The summed E-state index contributed by atoms with van der Waals surface area (Å²) in [6.07, 6.45) is 0.633. The van der Waals surface area contributed by atoms with Gasteiger partial charge in [-0.1, -0.05) is 35.9 Å². The monoisotopic (exact) mass is 342 g/mol. The fraction of sp³-hybridized carbons (Fsp3) is 0.211. The van der Waals surface area contributed by atoms with Crippen molar-refractivity contribution in [1.82, 2.24) is 4.57 Å². The van der Waals surface area contributed by atoms with Crippen LogP contribution in [-0.4, -0.2) is 18.2 Å². The quantitative estimate of drug-likeness (QED) is 0.774. The Kier molecular flexibility index (Phi) is 4.88. The van der Waals surface area contributed by atoms with E-state index < -0.39 is 0 Å². The molecule has 0 aliphatic rings. The Morgan fingerprint density at radius 1 is 1.17 bits per heavy atom. The van der Waals surface area contributed by atoms with E-state index in [1.807, 2.05) is 42.5 Å². The van der Waals surface area contributed by atoms with Crippen molar-refractivity contribution in [3.8, 4) is 5.75 Å². The fourth-order valence-electron chi connectivity index (χ4n) is 2.85. The second-order valence-corrected chi connectivity index (χ2v) is 6.02. The molecule has 124 valence electrons. The number of halogens is 1. The number of methoxy groups -OCH3 is 1. The molecule has 0 amide bonds. The van der Waals surface area contributed by atoms with Crippen molar-refractivity contribution < 1.29 is 4.74 Å². The minimum atomic E-state index is -0.0858. The number of fused-ring (bicyclic) bond motifs is 1. The molecule has 3 aromatic rings. The molecular weight excluding hydrogens is 324 g/mol. The molecule has 1 heterocycles. The molecule has 0 saturated heterocycles. The molecule has 3 rings (SSSR count). The van der Waals surface area contributed by atoms with Crippen molar-refractivity contribution in [1.29, 1.82) is 0 Å². The third kappa shape index (κ3) is 3.16. The maximum absolute atomic E-state index is 13.0. The Morgan fingerprint density at radius 3 is 2.58 bits per heavy atom. The zero-order chi connectivity index (χ0) is 17.1. The molecule has 0 aliphatic carbocycles. The first kappa shape index (κ1) is 16.6. The molecule has 0 unspecified atom stereocenters. The second-order valence-electron chi connectivity index (χ2n) is 5.62. The zero-order valence-electron chi connectivity index (χ0n) is 13.5. The van der Waals surface area contributed by atoms with Gasteiger partial charge in [-0.2, -0.15) is 0 Å². The lowest BCUT2D eigenvalue weighted by molar-refractivity contribution is 0.414. The summed E-state index contributed by atoms with van der Waals surface area (Å²) in [7, 11) is 1.63. The number of nitrogens with zero attached hydrogens (tertiary/aromatic N) is 1. The van der Waals surface area contributed by atoms with Crippen LogP contribution in [-0.2, 0) is 13.0 Å². The third-order valence-corrected chi connectivity index (χ3v) is 4.39. The summed E-state index contributed by atoms with van der Waals surface area (Å²) >= 11 is 6.25. The minimum absolute atomic E-state index is 0.0858. The molecule has 4 nitrogen and oxygen atoms in total. The largest absolute Gasteiger partial charge is 0.497 e. The Balaban J connectivity index is 2.13. The van der Waals surface area contributed by atoms with Crippen LogP contribution in [0, 0.1) is 0 Å². The summed E-state index contributed by atoms with van der Waals surface area (Å²) in [6, 6.07) is 15.2. The van der Waals surface area contributed by atoms with Crippen LogP contribution in [0.25, 0.3) is 10.8 Å². The van der Waals surface area contributed by atoms with Crippen LogP contribution in [0.5, 0.6) is 5.75 Å². The molecule has 0 aliphatic heterocycles. The molecular formula is C19H19ClN2O2. The number of benzene rings is 2. The molecule has 0 radical (unpaired) electrons. The van der Waals surface area contributed by atoms with Gasteiger partial charge in [0.25, 0.3) is 5.56 Å². The Hall–Kier alpha value is -2.30. The van der Waals surface area contributed by atoms with E-state index in [1.54, 1.807) is 17.7 Å². The van der Waals surface area contributed by atoms with E-state index >= 15 is 0 Å². The van der Waals surface area contributed by atoms with Gasteiger partial charge in [0.05, 0.1) is 24.1 Å². The Labute approximate surface area is 145 Å². The number of aromatic nitrogens is 1. The van der Waals surface area contributed by atoms with Crippen LogP contribution in [0.2, 0.25) is 5.02 Å². The first-order valence-corrected chi connectivity index (χ1v) is 8.15. The van der Waals surface area contributed by atoms with Gasteiger partial charge in [0.1, 0.15) is 5.75 Å². The molecule has 5 heteroatoms. The van der Waals surface area contributed by atoms with Crippen LogP contribution in [0.1, 0.15) is 11.3 Å². The predicted octanol–water partition coefficient (Wildman–Crippen LogP) is 3.21. The third-order valence-electron chi connectivity index (χ3n) is 4.07. The van der Waals surface area contributed by atoms with Crippen molar-refractivity contribution in [3.63, 3.8) is 0 Å². The van der Waals surface area contributed by atoms with E-state index in [0.717, 1.165) is 22.4 Å². The van der Waals surface area contributed by atoms with Crippen LogP contribution in [0.4, 0.5) is 0 Å². The fourth-order valence-corrected chi connectivity index (χ4v) is 3.11. The number of rotatable bonds is 5. The van der Waals surface area contributed by atoms with Gasteiger partial charge in [-0.25, -0.2) is 0 Å². The van der Waals surface area contributed by atoms with Gasteiger partial charge in [-0.15, -0.1) is 0 Å². The number of hydrogen-bond acceptors (Lipinski definition) is 3. The summed E-state index contributed by atoms with van der Waals surface area (Å²) in [4.78, 5) is 13.0. The maximum Gasteiger partial charge on any atom is 0.260 e. The van der Waals surface area contributed by atoms with Crippen molar-refractivity contribution in [3.05, 3.63) is 75.2 Å². The van der Waals surface area contributed by atoms with Gasteiger partial charge in [-0.3, -0.25) is 4.79 Å². The highest BCUT2D eigenvalue weighted by atomic mass is 35.5. The minimum Gasteiger partial charge on any atom is -0.497 e. The summed E-state index contributed by atoms with van der Waals surface area (Å²) < 4.78 is 6.93. The Morgan fingerprint density at radius 2 is 1.92 bits per heavy atom. The van der Waals surface area contributed by atoms with E-state index in [1.165, 1.54) is 0 Å². The molecule has 0 bridgehead atoms. The SMILES string of the molecule is COc1ccc(Cn2c(CCN)cc3cccc(Cl)c3c2=O)cc1. The van der Waals surface area contributed by atoms with Gasteiger partial charge in [0.2, 0.25) is 0 Å². The van der Waals surface area contributed by atoms with Crippen LogP contribution in [0.3, 0.4) is 0 Å². The topological polar surface area (TPSA) is 57.2 Å². The molecule has 2 N–H and O–H groups in total. The highest BCUT2D eigenvalue weighted by Crippen LogP contribution is 2.22. The second kappa shape index (κ2) is 7.07. The van der Waals surface area contributed by atoms with Crippen molar-refractivity contribution in [2.24, 2.45) is 5.73 Å². The molecule has 0 fully saturated rings. The first-order valence-electron chi connectivity index (χ1n) is 7.78. The summed E-state index contributed by atoms with van der Waals surface area (Å²) in [5.74, 6) is 0.787. The molecule has 0 spiro atoms. The highest BCUT2D eigenvalue weighted by molar-refractivity contribution is 6.35.